The van der Waals surface area contributed by atoms with Crippen LogP contribution in [0.3, 0.4) is 0 Å². The van der Waals surface area contributed by atoms with E-state index >= 15 is 0 Å². The topological polar surface area (TPSA) is 68.5 Å². The van der Waals surface area contributed by atoms with Crippen LogP contribution in [0.1, 0.15) is 55.0 Å². The van der Waals surface area contributed by atoms with Gasteiger partial charge in [-0.2, -0.15) is 0 Å². The molecule has 0 amide bonds. The Labute approximate surface area is 188 Å². The molecule has 3 aromatic rings. The van der Waals surface area contributed by atoms with Gasteiger partial charge in [0, 0.05) is 17.5 Å². The lowest BCUT2D eigenvalue weighted by atomic mass is 9.93. The first kappa shape index (κ1) is 22.0. The molecular weight excluding hydrogens is 402 g/mol. The van der Waals surface area contributed by atoms with Crippen LogP contribution in [0.5, 0.6) is 0 Å². The molecule has 32 heavy (non-hydrogen) atoms. The SMILES string of the molecule is Cc1cc(C)cc(-n2c(C=C[C@@H]3C[C@@H](O)CC(=O)O3)c(C(C)C)c3ccccc3c2=O)c1. The number of cyclic esters (lactones) is 1. The second-order valence-electron chi connectivity index (χ2n) is 8.97. The first-order chi connectivity index (χ1) is 15.2. The van der Waals surface area contributed by atoms with E-state index in [0.29, 0.717) is 11.8 Å². The smallest absolute Gasteiger partial charge is 0.309 e. The van der Waals surface area contributed by atoms with Crippen molar-refractivity contribution in [3.63, 3.8) is 0 Å². The minimum Gasteiger partial charge on any atom is -0.458 e. The molecule has 4 rings (SSSR count). The molecule has 1 aliphatic heterocycles. The Hall–Kier alpha value is -3.18. The van der Waals surface area contributed by atoms with Gasteiger partial charge in [0.05, 0.1) is 18.2 Å². The second kappa shape index (κ2) is 8.75. The molecule has 0 unspecified atom stereocenters. The van der Waals surface area contributed by atoms with E-state index in [4.69, 9.17) is 4.74 Å². The number of esters is 1. The third kappa shape index (κ3) is 4.26. The Morgan fingerprint density at radius 1 is 1.06 bits per heavy atom. The number of fused-ring (bicyclic) bond motifs is 1. The number of benzene rings is 2. The van der Waals surface area contributed by atoms with E-state index in [1.54, 1.807) is 10.6 Å². The van der Waals surface area contributed by atoms with Gasteiger partial charge in [-0.15, -0.1) is 0 Å². The van der Waals surface area contributed by atoms with E-state index in [2.05, 4.69) is 19.9 Å². The average molecular weight is 432 g/mol. The van der Waals surface area contributed by atoms with Crippen LogP contribution >= 0.6 is 0 Å². The number of carbonyl (C=O) groups excluding carboxylic acids is 1. The van der Waals surface area contributed by atoms with Gasteiger partial charge < -0.3 is 9.84 Å². The maximum absolute atomic E-state index is 13.7. The quantitative estimate of drug-likeness (QED) is 0.602. The molecule has 0 spiro atoms. The lowest BCUT2D eigenvalue weighted by molar-refractivity contribution is -0.156. The Morgan fingerprint density at radius 2 is 1.72 bits per heavy atom. The summed E-state index contributed by atoms with van der Waals surface area (Å²) in [6, 6.07) is 13.8. The summed E-state index contributed by atoms with van der Waals surface area (Å²) in [6.07, 6.45) is 2.78. The zero-order valence-corrected chi connectivity index (χ0v) is 19.0. The van der Waals surface area contributed by atoms with Gasteiger partial charge in [0.1, 0.15) is 6.10 Å². The van der Waals surface area contributed by atoms with Crippen molar-refractivity contribution in [1.82, 2.24) is 4.57 Å². The number of hydrogen-bond donors (Lipinski definition) is 1. The van der Waals surface area contributed by atoms with Crippen molar-refractivity contribution in [2.24, 2.45) is 0 Å². The van der Waals surface area contributed by atoms with Crippen LogP contribution in [0.4, 0.5) is 0 Å². The van der Waals surface area contributed by atoms with Gasteiger partial charge in [0.15, 0.2) is 0 Å². The van der Waals surface area contributed by atoms with Crippen LogP contribution in [0.15, 0.2) is 53.3 Å². The predicted molar refractivity (Wildman–Crippen MR) is 127 cm³/mol. The molecule has 0 aliphatic carbocycles. The van der Waals surface area contributed by atoms with Gasteiger partial charge in [-0.25, -0.2) is 0 Å². The molecule has 2 aromatic carbocycles. The minimum atomic E-state index is -0.714. The van der Waals surface area contributed by atoms with E-state index in [1.165, 1.54) is 0 Å². The number of ether oxygens (including phenoxy) is 1. The van der Waals surface area contributed by atoms with Crippen LogP contribution < -0.4 is 5.56 Å². The summed E-state index contributed by atoms with van der Waals surface area (Å²) < 4.78 is 7.17. The molecule has 2 heterocycles. The number of aryl methyl sites for hydroxylation is 2. The first-order valence-corrected chi connectivity index (χ1v) is 11.1. The molecule has 5 heteroatoms. The summed E-state index contributed by atoms with van der Waals surface area (Å²) in [5, 5.41) is 11.6. The van der Waals surface area contributed by atoms with Crippen molar-refractivity contribution < 1.29 is 14.6 Å². The Balaban J connectivity index is 2.00. The molecule has 1 aliphatic rings. The molecule has 1 aromatic heterocycles. The van der Waals surface area contributed by atoms with Gasteiger partial charge in [0.2, 0.25) is 0 Å². The third-order valence-electron chi connectivity index (χ3n) is 5.87. The highest BCUT2D eigenvalue weighted by Crippen LogP contribution is 2.30. The maximum atomic E-state index is 13.7. The van der Waals surface area contributed by atoms with Gasteiger partial charge >= 0.3 is 5.97 Å². The van der Waals surface area contributed by atoms with Crippen molar-refractivity contribution in [3.05, 3.63) is 81.3 Å². The van der Waals surface area contributed by atoms with E-state index in [0.717, 1.165) is 33.5 Å². The average Bonchev–Trinajstić information content (AvgIpc) is 2.70. The van der Waals surface area contributed by atoms with Crippen LogP contribution in [0.2, 0.25) is 0 Å². The molecular formula is C27H29NO4. The van der Waals surface area contributed by atoms with Crippen LogP contribution in [-0.2, 0) is 9.53 Å². The zero-order valence-electron chi connectivity index (χ0n) is 19.0. The highest BCUT2D eigenvalue weighted by atomic mass is 16.5. The molecule has 0 bridgehead atoms. The second-order valence-corrected chi connectivity index (χ2v) is 8.97. The number of aliphatic hydroxyl groups excluding tert-OH is 1. The number of nitrogens with zero attached hydrogens (tertiary/aromatic N) is 1. The van der Waals surface area contributed by atoms with Crippen molar-refractivity contribution in [1.29, 1.82) is 0 Å². The predicted octanol–water partition coefficient (Wildman–Crippen LogP) is 4.81. The highest BCUT2D eigenvalue weighted by Gasteiger charge is 2.26. The Kier molecular flexibility index (Phi) is 6.02. The van der Waals surface area contributed by atoms with Gasteiger partial charge in [-0.3, -0.25) is 14.2 Å². The van der Waals surface area contributed by atoms with Crippen LogP contribution in [0.25, 0.3) is 22.5 Å². The van der Waals surface area contributed by atoms with E-state index in [1.807, 2.05) is 56.3 Å². The number of rotatable bonds is 4. The van der Waals surface area contributed by atoms with Gasteiger partial charge in [0.25, 0.3) is 5.56 Å². The summed E-state index contributed by atoms with van der Waals surface area (Å²) in [7, 11) is 0. The van der Waals surface area contributed by atoms with E-state index < -0.39 is 18.2 Å². The van der Waals surface area contributed by atoms with Crippen molar-refractivity contribution in [3.8, 4) is 5.69 Å². The fourth-order valence-corrected chi connectivity index (χ4v) is 4.63. The van der Waals surface area contributed by atoms with Crippen LogP contribution in [0, 0.1) is 13.8 Å². The van der Waals surface area contributed by atoms with E-state index in [9.17, 15) is 14.7 Å². The summed E-state index contributed by atoms with van der Waals surface area (Å²) in [6.45, 7) is 8.26. The monoisotopic (exact) mass is 431 g/mol. The van der Waals surface area contributed by atoms with Gasteiger partial charge in [-0.1, -0.05) is 38.1 Å². The minimum absolute atomic E-state index is 0.0187. The molecule has 166 valence electrons. The van der Waals surface area contributed by atoms with Gasteiger partial charge in [-0.05, 0) is 72.2 Å². The summed E-state index contributed by atoms with van der Waals surface area (Å²) >= 11 is 0. The maximum Gasteiger partial charge on any atom is 0.309 e. The van der Waals surface area contributed by atoms with Crippen LogP contribution in [-0.4, -0.2) is 27.9 Å². The molecule has 0 radical (unpaired) electrons. The first-order valence-electron chi connectivity index (χ1n) is 11.1. The molecule has 5 nitrogen and oxygen atoms in total. The summed E-state index contributed by atoms with van der Waals surface area (Å²) in [5.41, 5.74) is 4.69. The molecule has 1 saturated heterocycles. The lowest BCUT2D eigenvalue weighted by Crippen LogP contribution is -2.31. The highest BCUT2D eigenvalue weighted by molar-refractivity contribution is 5.88. The largest absolute Gasteiger partial charge is 0.458 e. The normalized spacial score (nSPS) is 19.1. The van der Waals surface area contributed by atoms with Crippen molar-refractivity contribution in [2.75, 3.05) is 0 Å². The lowest BCUT2D eigenvalue weighted by Gasteiger charge is -2.24. The summed E-state index contributed by atoms with van der Waals surface area (Å²) in [5.74, 6) is -0.260. The summed E-state index contributed by atoms with van der Waals surface area (Å²) in [4.78, 5) is 25.5. The Morgan fingerprint density at radius 3 is 2.34 bits per heavy atom. The zero-order chi connectivity index (χ0) is 23.0. The number of aliphatic hydroxyl groups is 1. The fourth-order valence-electron chi connectivity index (χ4n) is 4.63. The molecule has 2 atom stereocenters. The number of aromatic nitrogens is 1. The molecule has 1 fully saturated rings. The molecule has 0 saturated carbocycles. The fraction of sp³-hybridized carbons (Fsp3) is 0.333. The molecule has 1 N–H and O–H groups in total. The number of carbonyl (C=O) groups is 1. The number of pyridine rings is 1. The van der Waals surface area contributed by atoms with Crippen molar-refractivity contribution in [2.45, 2.75) is 58.7 Å². The van der Waals surface area contributed by atoms with E-state index in [-0.39, 0.29) is 17.9 Å². The Bertz CT molecular complexity index is 1250. The number of hydrogen-bond acceptors (Lipinski definition) is 4. The standard InChI is InChI=1S/C27H29NO4/c1-16(2)26-22-7-5-6-8-23(22)27(31)28(19-12-17(3)11-18(4)13-19)24(26)10-9-21-14-20(29)15-25(30)32-21/h5-13,16,20-21,29H,14-15H2,1-4H3/t20-,21-/m1/s1. The van der Waals surface area contributed by atoms with Crippen molar-refractivity contribution >= 4 is 22.8 Å². The third-order valence-corrected chi connectivity index (χ3v) is 5.87.